The molecule has 0 aliphatic carbocycles. The van der Waals surface area contributed by atoms with Gasteiger partial charge in [0.15, 0.2) is 0 Å². The topological polar surface area (TPSA) is 26.3 Å². The summed E-state index contributed by atoms with van der Waals surface area (Å²) >= 11 is 0. The quantitative estimate of drug-likeness (QED) is 0.384. The Balaban J connectivity index is 2.97. The summed E-state index contributed by atoms with van der Waals surface area (Å²) in [4.78, 5) is 9.68. The van der Waals surface area contributed by atoms with E-state index < -0.39 is 0 Å². The smallest absolute Gasteiger partial charge is 0.417 e. The van der Waals surface area contributed by atoms with Crippen LogP contribution >= 0.6 is 0 Å². The van der Waals surface area contributed by atoms with Crippen molar-refractivity contribution in [2.24, 2.45) is 0 Å². The van der Waals surface area contributed by atoms with Crippen molar-refractivity contribution < 1.29 is 9.53 Å². The van der Waals surface area contributed by atoms with Crippen LogP contribution in [0.2, 0.25) is 0 Å². The van der Waals surface area contributed by atoms with E-state index in [1.807, 2.05) is 6.08 Å². The minimum atomic E-state index is 0.361. The summed E-state index contributed by atoms with van der Waals surface area (Å²) < 4.78 is 4.41. The maximum atomic E-state index is 9.68. The van der Waals surface area contributed by atoms with Gasteiger partial charge in [0, 0.05) is 0 Å². The summed E-state index contributed by atoms with van der Waals surface area (Å²) in [6, 6.07) is 0. The third kappa shape index (κ3) is 13.2. The second kappa shape index (κ2) is 13.2. The number of unbranched alkanes of at least 4 members (excludes halogenated alkanes) is 7. The lowest BCUT2D eigenvalue weighted by Crippen LogP contribution is -1.85. The third-order valence-corrected chi connectivity index (χ3v) is 2.38. The van der Waals surface area contributed by atoms with Gasteiger partial charge in [0.25, 0.3) is 0 Å². The molecule has 0 rings (SSSR count). The van der Waals surface area contributed by atoms with Crippen molar-refractivity contribution in [2.75, 3.05) is 6.61 Å². The molecule has 0 heterocycles. The molecule has 0 saturated carbocycles. The first-order chi connectivity index (χ1) is 7.41. The van der Waals surface area contributed by atoms with Crippen LogP contribution in [0.3, 0.4) is 0 Å². The number of hydrogen-bond donors (Lipinski definition) is 0. The summed E-state index contributed by atoms with van der Waals surface area (Å²) in [5.74, 6) is 0. The largest absolute Gasteiger partial charge is 0.453 e. The van der Waals surface area contributed by atoms with Crippen LogP contribution < -0.4 is 0 Å². The molecule has 0 aromatic rings. The van der Waals surface area contributed by atoms with Gasteiger partial charge in [-0.2, -0.15) is 0 Å². The van der Waals surface area contributed by atoms with E-state index in [2.05, 4.69) is 17.7 Å². The Kier molecular flexibility index (Phi) is 12.5. The van der Waals surface area contributed by atoms with Gasteiger partial charge in [-0.15, -0.1) is 0 Å². The normalized spacial score (nSPS) is 10.7. The molecular weight excluding hydrogens is 188 g/mol. The van der Waals surface area contributed by atoms with Gasteiger partial charge in [-0.1, -0.05) is 57.6 Å². The molecule has 0 bridgehead atoms. The van der Waals surface area contributed by atoms with E-state index in [-0.39, 0.29) is 0 Å². The molecule has 0 atom stereocenters. The summed E-state index contributed by atoms with van der Waals surface area (Å²) in [5.41, 5.74) is 0. The highest BCUT2D eigenvalue weighted by molar-refractivity contribution is 5.38. The van der Waals surface area contributed by atoms with Crippen LogP contribution in [0, 0.1) is 0 Å². The Labute approximate surface area is 93.7 Å². The Morgan fingerprint density at radius 1 is 1.00 bits per heavy atom. The zero-order chi connectivity index (χ0) is 11.2. The Morgan fingerprint density at radius 3 is 2.33 bits per heavy atom. The first kappa shape index (κ1) is 14.2. The fraction of sp³-hybridized carbons (Fsp3) is 0.769. The lowest BCUT2D eigenvalue weighted by atomic mass is 10.1. The van der Waals surface area contributed by atoms with Crippen LogP contribution in [0.15, 0.2) is 12.2 Å². The molecule has 0 aliphatic rings. The van der Waals surface area contributed by atoms with Crippen LogP contribution in [0.4, 0.5) is 0 Å². The molecule has 0 amide bonds. The van der Waals surface area contributed by atoms with Gasteiger partial charge in [0.2, 0.25) is 0 Å². The molecule has 0 unspecified atom stereocenters. The molecule has 15 heavy (non-hydrogen) atoms. The maximum Gasteiger partial charge on any atom is 0.417 e. The zero-order valence-electron chi connectivity index (χ0n) is 9.84. The van der Waals surface area contributed by atoms with Crippen molar-refractivity contribution in [1.29, 1.82) is 0 Å². The van der Waals surface area contributed by atoms with Gasteiger partial charge in [-0.3, -0.25) is 0 Å². The Bertz CT molecular complexity index is 153. The molecule has 87 valence electrons. The van der Waals surface area contributed by atoms with Crippen LogP contribution in [0.5, 0.6) is 0 Å². The van der Waals surface area contributed by atoms with Crippen LogP contribution in [0.1, 0.15) is 58.3 Å². The molecule has 0 aromatic carbocycles. The van der Waals surface area contributed by atoms with Crippen LogP contribution in [0.25, 0.3) is 0 Å². The molecule has 0 aromatic heterocycles. The Morgan fingerprint density at radius 2 is 1.67 bits per heavy atom. The minimum absolute atomic E-state index is 0.361. The highest BCUT2D eigenvalue weighted by atomic mass is 16.5. The number of allylic oxidation sites excluding steroid dienone is 1. The first-order valence-corrected chi connectivity index (χ1v) is 6.05. The number of hydrogen-bond acceptors (Lipinski definition) is 2. The predicted octanol–water partition coefficient (Wildman–Crippen LogP) is 3.77. The van der Waals surface area contributed by atoms with Gasteiger partial charge >= 0.3 is 6.47 Å². The lowest BCUT2D eigenvalue weighted by Gasteiger charge is -1.98. The molecule has 2 heteroatoms. The summed E-state index contributed by atoms with van der Waals surface area (Å²) in [7, 11) is 0. The molecule has 0 N–H and O–H groups in total. The summed E-state index contributed by atoms with van der Waals surface area (Å²) in [5, 5.41) is 0. The summed E-state index contributed by atoms with van der Waals surface area (Å²) in [6.07, 6.45) is 14.4. The van der Waals surface area contributed by atoms with Crippen molar-refractivity contribution in [3.05, 3.63) is 12.2 Å². The SMILES string of the molecule is CCCCCCCCC/C=C/CO[C]=O. The first-order valence-electron chi connectivity index (χ1n) is 6.05. The third-order valence-electron chi connectivity index (χ3n) is 2.38. The van der Waals surface area contributed by atoms with Crippen molar-refractivity contribution in [3.8, 4) is 0 Å². The highest BCUT2D eigenvalue weighted by Crippen LogP contribution is 2.08. The molecular formula is C13H23O2. The van der Waals surface area contributed by atoms with Crippen LogP contribution in [-0.2, 0) is 9.53 Å². The monoisotopic (exact) mass is 211 g/mol. The Hall–Kier alpha value is -0.790. The molecule has 0 spiro atoms. The summed E-state index contributed by atoms with van der Waals surface area (Å²) in [6.45, 7) is 4.00. The van der Waals surface area contributed by atoms with Gasteiger partial charge in [0.1, 0.15) is 6.61 Å². The van der Waals surface area contributed by atoms with Crippen molar-refractivity contribution in [3.63, 3.8) is 0 Å². The van der Waals surface area contributed by atoms with Crippen LogP contribution in [-0.4, -0.2) is 13.1 Å². The van der Waals surface area contributed by atoms with Gasteiger partial charge < -0.3 is 4.74 Å². The molecule has 0 aliphatic heterocycles. The number of rotatable bonds is 11. The van der Waals surface area contributed by atoms with Gasteiger partial charge in [-0.05, 0) is 12.8 Å². The number of carbonyl (C=O) groups excluding carboxylic acids is 1. The number of ether oxygens (including phenoxy) is 1. The average molecular weight is 211 g/mol. The molecule has 1 radical (unpaired) electrons. The van der Waals surface area contributed by atoms with E-state index >= 15 is 0 Å². The molecule has 2 nitrogen and oxygen atoms in total. The predicted molar refractivity (Wildman–Crippen MR) is 63.4 cm³/mol. The fourth-order valence-corrected chi connectivity index (χ4v) is 1.49. The van der Waals surface area contributed by atoms with Crippen molar-refractivity contribution >= 4 is 6.47 Å². The molecule has 0 fully saturated rings. The van der Waals surface area contributed by atoms with E-state index in [0.717, 1.165) is 6.42 Å². The second-order valence-corrected chi connectivity index (χ2v) is 3.78. The standard InChI is InChI=1S/C13H23O2/c1-2-3-4-5-6-7-8-9-10-11-12-15-13-14/h10-11H,2-9,12H2,1H3/b11-10+. The maximum absolute atomic E-state index is 9.68. The highest BCUT2D eigenvalue weighted by Gasteiger charge is 1.89. The van der Waals surface area contributed by atoms with Crippen molar-refractivity contribution in [1.82, 2.24) is 0 Å². The van der Waals surface area contributed by atoms with Gasteiger partial charge in [-0.25, -0.2) is 4.79 Å². The van der Waals surface area contributed by atoms with Gasteiger partial charge in [0.05, 0.1) is 0 Å². The lowest BCUT2D eigenvalue weighted by molar-refractivity contribution is 0.313. The van der Waals surface area contributed by atoms with E-state index in [9.17, 15) is 4.79 Å². The van der Waals surface area contributed by atoms with E-state index in [0.29, 0.717) is 6.61 Å². The average Bonchev–Trinajstić information content (AvgIpc) is 2.26. The fourth-order valence-electron chi connectivity index (χ4n) is 1.49. The minimum Gasteiger partial charge on any atom is -0.453 e. The second-order valence-electron chi connectivity index (χ2n) is 3.78. The van der Waals surface area contributed by atoms with E-state index in [4.69, 9.17) is 0 Å². The molecule has 0 saturated heterocycles. The van der Waals surface area contributed by atoms with E-state index in [1.54, 1.807) is 0 Å². The van der Waals surface area contributed by atoms with Crippen molar-refractivity contribution in [2.45, 2.75) is 58.3 Å². The van der Waals surface area contributed by atoms with E-state index in [1.165, 1.54) is 51.4 Å². The zero-order valence-corrected chi connectivity index (χ0v) is 9.84.